The molecule has 0 heterocycles. The van der Waals surface area contributed by atoms with E-state index in [2.05, 4.69) is 81.7 Å². The number of aryl methyl sites for hydroxylation is 1. The molecule has 1 unspecified atom stereocenters. The van der Waals surface area contributed by atoms with Crippen molar-refractivity contribution in [2.24, 2.45) is 5.84 Å². The maximum absolute atomic E-state index is 5.80. The largest absolute Gasteiger partial charge is 0.271 e. The fourth-order valence-corrected chi connectivity index (χ4v) is 2.55. The van der Waals surface area contributed by atoms with Crippen molar-refractivity contribution in [2.45, 2.75) is 45.6 Å². The average Bonchev–Trinajstić information content (AvgIpc) is 2.48. The Morgan fingerprint density at radius 1 is 1.00 bits per heavy atom. The first-order valence-electron chi connectivity index (χ1n) is 7.61. The summed E-state index contributed by atoms with van der Waals surface area (Å²) >= 11 is 0. The molecule has 1 atom stereocenters. The lowest BCUT2D eigenvalue weighted by molar-refractivity contribution is 0.588. The third kappa shape index (κ3) is 3.72. The molecular formula is C19H26N2. The van der Waals surface area contributed by atoms with Crippen LogP contribution in [-0.2, 0) is 11.8 Å². The summed E-state index contributed by atoms with van der Waals surface area (Å²) in [6, 6.07) is 17.4. The van der Waals surface area contributed by atoms with Gasteiger partial charge in [-0.05, 0) is 34.1 Å². The van der Waals surface area contributed by atoms with Crippen LogP contribution in [0.4, 0.5) is 0 Å². The Kier molecular flexibility index (Phi) is 4.81. The minimum absolute atomic E-state index is 0.0329. The molecule has 2 nitrogen and oxygen atoms in total. The molecule has 0 saturated heterocycles. The molecule has 3 N–H and O–H groups in total. The zero-order valence-electron chi connectivity index (χ0n) is 13.5. The zero-order chi connectivity index (χ0) is 15.5. The molecule has 2 aromatic rings. The van der Waals surface area contributed by atoms with Crippen LogP contribution in [0.3, 0.4) is 0 Å². The number of hydrogen-bond acceptors (Lipinski definition) is 2. The van der Waals surface area contributed by atoms with E-state index >= 15 is 0 Å². The van der Waals surface area contributed by atoms with E-state index < -0.39 is 0 Å². The Bertz CT molecular complexity index is 579. The van der Waals surface area contributed by atoms with Crippen LogP contribution in [0.5, 0.6) is 0 Å². The Morgan fingerprint density at radius 2 is 1.67 bits per heavy atom. The Labute approximate surface area is 128 Å². The molecule has 21 heavy (non-hydrogen) atoms. The van der Waals surface area contributed by atoms with Gasteiger partial charge in [0.15, 0.2) is 0 Å². The lowest BCUT2D eigenvalue weighted by atomic mass is 9.86. The van der Waals surface area contributed by atoms with Crippen molar-refractivity contribution in [3.05, 3.63) is 70.8 Å². The standard InChI is InChI=1S/C19H26N2/c1-5-14-7-6-8-16(13-14)18(21-20)15-9-11-17(12-10-15)19(2,3)4/h6-13,18,21H,5,20H2,1-4H3. The van der Waals surface area contributed by atoms with Crippen molar-refractivity contribution in [2.75, 3.05) is 0 Å². The van der Waals surface area contributed by atoms with Crippen LogP contribution in [-0.4, -0.2) is 0 Å². The van der Waals surface area contributed by atoms with Gasteiger partial charge in [0.2, 0.25) is 0 Å². The Balaban J connectivity index is 2.32. The van der Waals surface area contributed by atoms with Crippen LogP contribution in [0.15, 0.2) is 48.5 Å². The van der Waals surface area contributed by atoms with E-state index in [1.54, 1.807) is 0 Å². The number of rotatable bonds is 4. The Morgan fingerprint density at radius 3 is 2.19 bits per heavy atom. The predicted octanol–water partition coefficient (Wildman–Crippen LogP) is 4.10. The molecule has 0 aromatic heterocycles. The highest BCUT2D eigenvalue weighted by atomic mass is 15.2. The summed E-state index contributed by atoms with van der Waals surface area (Å²) in [5.74, 6) is 5.80. The number of hydrazine groups is 1. The van der Waals surface area contributed by atoms with E-state index in [-0.39, 0.29) is 11.5 Å². The van der Waals surface area contributed by atoms with E-state index in [4.69, 9.17) is 5.84 Å². The van der Waals surface area contributed by atoms with Crippen LogP contribution in [0.1, 0.15) is 56.0 Å². The number of hydrogen-bond donors (Lipinski definition) is 2. The van der Waals surface area contributed by atoms with Gasteiger partial charge in [-0.2, -0.15) is 0 Å². The SMILES string of the molecule is CCc1cccc(C(NN)c2ccc(C(C)(C)C)cc2)c1. The molecule has 0 fully saturated rings. The number of nitrogens with one attached hydrogen (secondary N) is 1. The Hall–Kier alpha value is -1.64. The topological polar surface area (TPSA) is 38.0 Å². The second-order valence-electron chi connectivity index (χ2n) is 6.57. The van der Waals surface area contributed by atoms with E-state index in [0.717, 1.165) is 6.42 Å². The summed E-state index contributed by atoms with van der Waals surface area (Å²) in [6.45, 7) is 8.85. The average molecular weight is 282 g/mol. The van der Waals surface area contributed by atoms with Crippen LogP contribution in [0.2, 0.25) is 0 Å². The van der Waals surface area contributed by atoms with Crippen LogP contribution in [0, 0.1) is 0 Å². The van der Waals surface area contributed by atoms with Crippen LogP contribution >= 0.6 is 0 Å². The van der Waals surface area contributed by atoms with Gasteiger partial charge in [-0.3, -0.25) is 5.84 Å². The second-order valence-corrected chi connectivity index (χ2v) is 6.57. The summed E-state index contributed by atoms with van der Waals surface area (Å²) in [7, 11) is 0. The molecule has 0 radical (unpaired) electrons. The third-order valence-electron chi connectivity index (χ3n) is 3.97. The maximum atomic E-state index is 5.80. The molecule has 0 aliphatic rings. The smallest absolute Gasteiger partial charge is 0.0710 e. The normalized spacial score (nSPS) is 13.2. The van der Waals surface area contributed by atoms with Gasteiger partial charge in [-0.25, -0.2) is 5.43 Å². The summed E-state index contributed by atoms with van der Waals surface area (Å²) in [5.41, 5.74) is 8.19. The van der Waals surface area contributed by atoms with Crippen LogP contribution < -0.4 is 11.3 Å². The molecule has 112 valence electrons. The summed E-state index contributed by atoms with van der Waals surface area (Å²) in [4.78, 5) is 0. The van der Waals surface area contributed by atoms with E-state index in [1.807, 2.05) is 0 Å². The van der Waals surface area contributed by atoms with Crippen molar-refractivity contribution >= 4 is 0 Å². The molecule has 0 aliphatic carbocycles. The van der Waals surface area contributed by atoms with Gasteiger partial charge in [0.05, 0.1) is 6.04 Å². The highest BCUT2D eigenvalue weighted by Gasteiger charge is 2.16. The van der Waals surface area contributed by atoms with Crippen molar-refractivity contribution in [1.82, 2.24) is 5.43 Å². The van der Waals surface area contributed by atoms with Gasteiger partial charge in [0.1, 0.15) is 0 Å². The first kappa shape index (κ1) is 15.7. The van der Waals surface area contributed by atoms with Gasteiger partial charge in [-0.15, -0.1) is 0 Å². The van der Waals surface area contributed by atoms with Gasteiger partial charge < -0.3 is 0 Å². The molecule has 0 amide bonds. The van der Waals surface area contributed by atoms with Crippen molar-refractivity contribution in [1.29, 1.82) is 0 Å². The van der Waals surface area contributed by atoms with Crippen LogP contribution in [0.25, 0.3) is 0 Å². The zero-order valence-corrected chi connectivity index (χ0v) is 13.5. The fraction of sp³-hybridized carbons (Fsp3) is 0.368. The number of nitrogens with two attached hydrogens (primary N) is 1. The van der Waals surface area contributed by atoms with Gasteiger partial charge in [0.25, 0.3) is 0 Å². The number of benzene rings is 2. The molecule has 2 aromatic carbocycles. The maximum Gasteiger partial charge on any atom is 0.0710 e. The highest BCUT2D eigenvalue weighted by Crippen LogP contribution is 2.26. The first-order chi connectivity index (χ1) is 9.95. The van der Waals surface area contributed by atoms with E-state index in [1.165, 1.54) is 22.3 Å². The van der Waals surface area contributed by atoms with Gasteiger partial charge >= 0.3 is 0 Å². The third-order valence-corrected chi connectivity index (χ3v) is 3.97. The van der Waals surface area contributed by atoms with Crippen molar-refractivity contribution in [3.8, 4) is 0 Å². The van der Waals surface area contributed by atoms with Gasteiger partial charge in [0, 0.05) is 0 Å². The fourth-order valence-electron chi connectivity index (χ4n) is 2.55. The monoisotopic (exact) mass is 282 g/mol. The molecule has 0 spiro atoms. The summed E-state index contributed by atoms with van der Waals surface area (Å²) in [6.07, 6.45) is 1.04. The summed E-state index contributed by atoms with van der Waals surface area (Å²) in [5, 5.41) is 0. The molecular weight excluding hydrogens is 256 g/mol. The lowest BCUT2D eigenvalue weighted by Gasteiger charge is -2.22. The molecule has 2 rings (SSSR count). The van der Waals surface area contributed by atoms with Crippen molar-refractivity contribution < 1.29 is 0 Å². The minimum Gasteiger partial charge on any atom is -0.271 e. The quantitative estimate of drug-likeness (QED) is 0.654. The van der Waals surface area contributed by atoms with Gasteiger partial charge in [-0.1, -0.05) is 76.2 Å². The predicted molar refractivity (Wildman–Crippen MR) is 90.1 cm³/mol. The minimum atomic E-state index is 0.0329. The molecule has 0 saturated carbocycles. The molecule has 2 heteroatoms. The first-order valence-corrected chi connectivity index (χ1v) is 7.61. The van der Waals surface area contributed by atoms with E-state index in [9.17, 15) is 0 Å². The molecule has 0 bridgehead atoms. The second kappa shape index (κ2) is 6.42. The van der Waals surface area contributed by atoms with Crippen molar-refractivity contribution in [3.63, 3.8) is 0 Å². The molecule has 0 aliphatic heterocycles. The highest BCUT2D eigenvalue weighted by molar-refractivity contribution is 5.36. The lowest BCUT2D eigenvalue weighted by Crippen LogP contribution is -2.29. The summed E-state index contributed by atoms with van der Waals surface area (Å²) < 4.78 is 0. The van der Waals surface area contributed by atoms with E-state index in [0.29, 0.717) is 0 Å².